The van der Waals surface area contributed by atoms with Gasteiger partial charge in [-0.1, -0.05) is 13.8 Å². The third-order valence-electron chi connectivity index (χ3n) is 3.62. The number of fused-ring (bicyclic) bond motifs is 1. The van der Waals surface area contributed by atoms with Crippen LogP contribution in [0, 0.1) is 11.3 Å². The minimum atomic E-state index is -0.407. The van der Waals surface area contributed by atoms with E-state index in [1.807, 2.05) is 25.7 Å². The molecule has 2 aliphatic rings. The van der Waals surface area contributed by atoms with Gasteiger partial charge in [0.2, 0.25) is 0 Å². The van der Waals surface area contributed by atoms with Gasteiger partial charge in [-0.25, -0.2) is 4.79 Å². The molecular formula is C13H24N2O2. The van der Waals surface area contributed by atoms with Crippen molar-refractivity contribution in [3.63, 3.8) is 0 Å². The number of rotatable bonds is 0. The van der Waals surface area contributed by atoms with Crippen LogP contribution < -0.4 is 5.32 Å². The summed E-state index contributed by atoms with van der Waals surface area (Å²) in [5.74, 6) is 0.589. The maximum Gasteiger partial charge on any atom is 0.410 e. The minimum absolute atomic E-state index is 0.137. The lowest BCUT2D eigenvalue weighted by atomic mass is 9.69. The Labute approximate surface area is 104 Å². The van der Waals surface area contributed by atoms with Crippen molar-refractivity contribution in [2.75, 3.05) is 19.6 Å². The molecule has 0 spiro atoms. The van der Waals surface area contributed by atoms with Crippen LogP contribution in [0.1, 0.15) is 34.6 Å². The smallest absolute Gasteiger partial charge is 0.410 e. The summed E-state index contributed by atoms with van der Waals surface area (Å²) >= 11 is 0. The fourth-order valence-corrected chi connectivity index (χ4v) is 2.89. The van der Waals surface area contributed by atoms with Crippen LogP contribution >= 0.6 is 0 Å². The van der Waals surface area contributed by atoms with E-state index in [9.17, 15) is 4.79 Å². The topological polar surface area (TPSA) is 41.6 Å². The molecule has 17 heavy (non-hydrogen) atoms. The molecule has 1 amide bonds. The highest BCUT2D eigenvalue weighted by Gasteiger charge is 2.48. The lowest BCUT2D eigenvalue weighted by molar-refractivity contribution is -0.0353. The van der Waals surface area contributed by atoms with E-state index in [2.05, 4.69) is 19.2 Å². The summed E-state index contributed by atoms with van der Waals surface area (Å²) in [5, 5.41) is 3.47. The Morgan fingerprint density at radius 1 is 1.41 bits per heavy atom. The minimum Gasteiger partial charge on any atom is -0.444 e. The van der Waals surface area contributed by atoms with Crippen molar-refractivity contribution >= 4 is 6.09 Å². The van der Waals surface area contributed by atoms with Crippen molar-refractivity contribution in [3.05, 3.63) is 0 Å². The number of nitrogens with one attached hydrogen (secondary N) is 1. The van der Waals surface area contributed by atoms with Crippen LogP contribution in [0.4, 0.5) is 4.79 Å². The molecule has 0 saturated carbocycles. The molecule has 0 aliphatic carbocycles. The van der Waals surface area contributed by atoms with E-state index in [1.165, 1.54) is 0 Å². The first kappa shape index (κ1) is 12.7. The predicted octanol–water partition coefficient (Wildman–Crippen LogP) is 1.85. The zero-order valence-corrected chi connectivity index (χ0v) is 11.5. The maximum atomic E-state index is 12.1. The fourth-order valence-electron chi connectivity index (χ4n) is 2.89. The van der Waals surface area contributed by atoms with Crippen molar-refractivity contribution in [3.8, 4) is 0 Å². The lowest BCUT2D eigenvalue weighted by Gasteiger charge is -2.55. The summed E-state index contributed by atoms with van der Waals surface area (Å²) < 4.78 is 5.44. The molecule has 2 saturated heterocycles. The van der Waals surface area contributed by atoms with Crippen LogP contribution in [0.2, 0.25) is 0 Å². The Morgan fingerprint density at radius 3 is 2.47 bits per heavy atom. The molecule has 0 aromatic carbocycles. The molecule has 0 radical (unpaired) electrons. The number of hydrogen-bond donors (Lipinski definition) is 1. The number of ether oxygens (including phenoxy) is 1. The fraction of sp³-hybridized carbons (Fsp3) is 0.923. The second-order valence-electron chi connectivity index (χ2n) is 7.00. The van der Waals surface area contributed by atoms with Crippen LogP contribution in [-0.2, 0) is 4.74 Å². The van der Waals surface area contributed by atoms with Crippen LogP contribution in [-0.4, -0.2) is 42.3 Å². The van der Waals surface area contributed by atoms with E-state index in [4.69, 9.17) is 4.74 Å². The van der Waals surface area contributed by atoms with Gasteiger partial charge in [0.1, 0.15) is 5.60 Å². The predicted molar refractivity (Wildman–Crippen MR) is 66.9 cm³/mol. The third kappa shape index (κ3) is 2.57. The van der Waals surface area contributed by atoms with Gasteiger partial charge in [-0.05, 0) is 26.2 Å². The zero-order chi connectivity index (χ0) is 12.8. The number of piperidine rings is 1. The number of carbonyl (C=O) groups excluding carboxylic acids is 1. The molecule has 0 aromatic rings. The summed E-state index contributed by atoms with van der Waals surface area (Å²) in [6, 6.07) is 0.557. The Kier molecular flexibility index (Phi) is 2.89. The van der Waals surface area contributed by atoms with Crippen molar-refractivity contribution in [2.24, 2.45) is 11.3 Å². The maximum absolute atomic E-state index is 12.1. The molecule has 2 fully saturated rings. The van der Waals surface area contributed by atoms with E-state index in [1.54, 1.807) is 0 Å². The van der Waals surface area contributed by atoms with E-state index in [0.29, 0.717) is 12.0 Å². The number of nitrogens with zero attached hydrogens (tertiary/aromatic N) is 1. The number of amides is 1. The van der Waals surface area contributed by atoms with Crippen LogP contribution in [0.15, 0.2) is 0 Å². The first-order valence-corrected chi connectivity index (χ1v) is 6.40. The van der Waals surface area contributed by atoms with Gasteiger partial charge in [0.15, 0.2) is 0 Å². The van der Waals surface area contributed by atoms with Crippen molar-refractivity contribution in [1.82, 2.24) is 10.2 Å². The molecule has 2 heterocycles. The van der Waals surface area contributed by atoms with Crippen LogP contribution in [0.3, 0.4) is 0 Å². The summed E-state index contributed by atoms with van der Waals surface area (Å²) in [4.78, 5) is 13.9. The first-order valence-electron chi connectivity index (χ1n) is 6.40. The molecule has 4 nitrogen and oxygen atoms in total. The second-order valence-corrected chi connectivity index (χ2v) is 7.00. The standard InChI is InChI=1S/C13H24N2O2/c1-12(2,3)17-11(16)15-7-9-6-14-10(9)13(4,5)8-15/h9-10,14H,6-8H2,1-5H3/t9-,10-/m0/s1. The molecule has 0 aromatic heterocycles. The van der Waals surface area contributed by atoms with Gasteiger partial charge in [-0.2, -0.15) is 0 Å². The van der Waals surface area contributed by atoms with Gasteiger partial charge in [0.25, 0.3) is 0 Å². The number of hydrogen-bond acceptors (Lipinski definition) is 3. The van der Waals surface area contributed by atoms with E-state index < -0.39 is 5.60 Å². The average Bonchev–Trinajstić information content (AvgIpc) is 2.03. The molecule has 1 N–H and O–H groups in total. The molecule has 4 heteroatoms. The lowest BCUT2D eigenvalue weighted by Crippen LogP contribution is -2.69. The van der Waals surface area contributed by atoms with Crippen molar-refractivity contribution < 1.29 is 9.53 Å². The van der Waals surface area contributed by atoms with Gasteiger partial charge < -0.3 is 15.0 Å². The molecule has 98 valence electrons. The SMILES string of the molecule is CC(C)(C)OC(=O)N1C[C@@H]2CN[C@@H]2C(C)(C)C1. The quantitative estimate of drug-likeness (QED) is 0.702. The van der Waals surface area contributed by atoms with E-state index in [-0.39, 0.29) is 11.5 Å². The highest BCUT2D eigenvalue weighted by molar-refractivity contribution is 5.68. The summed E-state index contributed by atoms with van der Waals surface area (Å²) in [6.45, 7) is 12.8. The summed E-state index contributed by atoms with van der Waals surface area (Å²) in [6.07, 6.45) is -0.170. The third-order valence-corrected chi connectivity index (χ3v) is 3.62. The Morgan fingerprint density at radius 2 is 2.06 bits per heavy atom. The van der Waals surface area contributed by atoms with E-state index in [0.717, 1.165) is 19.6 Å². The monoisotopic (exact) mass is 240 g/mol. The summed E-state index contributed by atoms with van der Waals surface area (Å²) in [5.41, 5.74) is -0.270. The van der Waals surface area contributed by atoms with Crippen molar-refractivity contribution in [1.29, 1.82) is 0 Å². The molecule has 2 aliphatic heterocycles. The normalized spacial score (nSPS) is 31.5. The Hall–Kier alpha value is -0.770. The molecular weight excluding hydrogens is 216 g/mol. The molecule has 0 bridgehead atoms. The van der Waals surface area contributed by atoms with Crippen LogP contribution in [0.5, 0.6) is 0 Å². The van der Waals surface area contributed by atoms with Crippen LogP contribution in [0.25, 0.3) is 0 Å². The highest BCUT2D eigenvalue weighted by atomic mass is 16.6. The molecule has 2 atom stereocenters. The molecule has 0 unspecified atom stereocenters. The van der Waals surface area contributed by atoms with Gasteiger partial charge in [0.05, 0.1) is 0 Å². The van der Waals surface area contributed by atoms with Gasteiger partial charge in [0, 0.05) is 31.6 Å². The summed E-state index contributed by atoms with van der Waals surface area (Å²) in [7, 11) is 0. The number of likely N-dealkylation sites (tertiary alicyclic amines) is 1. The Balaban J connectivity index is 2.01. The van der Waals surface area contributed by atoms with Crippen molar-refractivity contribution in [2.45, 2.75) is 46.3 Å². The largest absolute Gasteiger partial charge is 0.444 e. The Bertz CT molecular complexity index is 320. The van der Waals surface area contributed by atoms with Gasteiger partial charge >= 0.3 is 6.09 Å². The zero-order valence-electron chi connectivity index (χ0n) is 11.5. The first-order chi connectivity index (χ1) is 7.69. The molecule has 2 rings (SSSR count). The van der Waals surface area contributed by atoms with Gasteiger partial charge in [-0.3, -0.25) is 0 Å². The average molecular weight is 240 g/mol. The highest BCUT2D eigenvalue weighted by Crippen LogP contribution is 2.37. The number of carbonyl (C=O) groups is 1. The second kappa shape index (κ2) is 3.87. The van der Waals surface area contributed by atoms with Gasteiger partial charge in [-0.15, -0.1) is 0 Å². The van der Waals surface area contributed by atoms with E-state index >= 15 is 0 Å².